The Hall–Kier alpha value is -1.34. The van der Waals surface area contributed by atoms with Crippen molar-refractivity contribution in [3.05, 3.63) is 29.0 Å². The van der Waals surface area contributed by atoms with E-state index in [0.717, 1.165) is 16.6 Å². The Bertz CT molecular complexity index is 607. The summed E-state index contributed by atoms with van der Waals surface area (Å²) in [5.74, 6) is -1.10. The highest BCUT2D eigenvalue weighted by molar-refractivity contribution is 7.92. The lowest BCUT2D eigenvalue weighted by Gasteiger charge is -2.29. The minimum Gasteiger partial charge on any atom is -0.357 e. The van der Waals surface area contributed by atoms with E-state index in [0.29, 0.717) is 0 Å². The van der Waals surface area contributed by atoms with Crippen molar-refractivity contribution in [3.8, 4) is 0 Å². The van der Waals surface area contributed by atoms with E-state index < -0.39 is 27.8 Å². The third-order valence-electron chi connectivity index (χ3n) is 2.73. The Kier molecular flexibility index (Phi) is 5.35. The summed E-state index contributed by atoms with van der Waals surface area (Å²) in [7, 11) is -2.30. The first kappa shape index (κ1) is 16.7. The van der Waals surface area contributed by atoms with Crippen LogP contribution >= 0.6 is 11.6 Å². The molecule has 112 valence electrons. The Balaban J connectivity index is 3.39. The zero-order chi connectivity index (χ0) is 15.5. The van der Waals surface area contributed by atoms with Crippen LogP contribution in [0.25, 0.3) is 0 Å². The van der Waals surface area contributed by atoms with Crippen LogP contribution in [0, 0.1) is 5.82 Å². The molecule has 0 fully saturated rings. The molecule has 1 atom stereocenters. The average molecular weight is 323 g/mol. The Labute approximate surface area is 122 Å². The normalized spacial score (nSPS) is 12.8. The number of hydrogen-bond acceptors (Lipinski definition) is 3. The fourth-order valence-electron chi connectivity index (χ4n) is 1.85. The van der Waals surface area contributed by atoms with Crippen molar-refractivity contribution in [3.63, 3.8) is 0 Å². The maximum Gasteiger partial charge on any atom is 0.243 e. The summed E-state index contributed by atoms with van der Waals surface area (Å²) in [4.78, 5) is 11.8. The topological polar surface area (TPSA) is 66.5 Å². The highest BCUT2D eigenvalue weighted by Gasteiger charge is 2.31. The lowest BCUT2D eigenvalue weighted by molar-refractivity contribution is -0.121. The van der Waals surface area contributed by atoms with Gasteiger partial charge in [-0.15, -0.1) is 0 Å². The van der Waals surface area contributed by atoms with Crippen molar-refractivity contribution in [1.82, 2.24) is 5.32 Å². The molecule has 5 nitrogen and oxygen atoms in total. The molecule has 0 radical (unpaired) electrons. The fourth-order valence-corrected chi connectivity index (χ4v) is 3.23. The van der Waals surface area contributed by atoms with Gasteiger partial charge in [-0.2, -0.15) is 0 Å². The summed E-state index contributed by atoms with van der Waals surface area (Å²) >= 11 is 5.67. The van der Waals surface area contributed by atoms with Crippen LogP contribution in [-0.2, 0) is 14.8 Å². The smallest absolute Gasteiger partial charge is 0.243 e. The molecule has 0 unspecified atom stereocenters. The molecule has 0 aliphatic heterocycles. The molecule has 20 heavy (non-hydrogen) atoms. The van der Waals surface area contributed by atoms with E-state index in [9.17, 15) is 17.6 Å². The second-order valence-electron chi connectivity index (χ2n) is 4.20. The Morgan fingerprint density at radius 3 is 2.50 bits per heavy atom. The van der Waals surface area contributed by atoms with E-state index >= 15 is 0 Å². The number of likely N-dealkylation sites (N-methyl/N-ethyl adjacent to an activating group) is 1. The highest BCUT2D eigenvalue weighted by Crippen LogP contribution is 2.27. The molecule has 1 N–H and O–H groups in total. The van der Waals surface area contributed by atoms with Gasteiger partial charge in [-0.3, -0.25) is 9.10 Å². The minimum atomic E-state index is -3.72. The standard InChI is InChI=1S/C12H16ClFN2O3S/c1-4-11(12(17)15-2)16(20(3,18)19)8-5-6-10(14)9(13)7-8/h5-7,11H,4H2,1-3H3,(H,15,17)/t11-/m1/s1. The van der Waals surface area contributed by atoms with E-state index in [1.54, 1.807) is 6.92 Å². The first-order chi connectivity index (χ1) is 9.22. The van der Waals surface area contributed by atoms with E-state index in [1.807, 2.05) is 0 Å². The summed E-state index contributed by atoms with van der Waals surface area (Å²) in [6.45, 7) is 1.68. The van der Waals surface area contributed by atoms with Gasteiger partial charge < -0.3 is 5.32 Å². The number of amides is 1. The van der Waals surface area contributed by atoms with Crippen molar-refractivity contribution in [2.24, 2.45) is 0 Å². The molecule has 0 saturated carbocycles. The van der Waals surface area contributed by atoms with E-state index in [2.05, 4.69) is 5.32 Å². The third-order valence-corrected chi connectivity index (χ3v) is 4.20. The number of hydrogen-bond donors (Lipinski definition) is 1. The van der Waals surface area contributed by atoms with Crippen molar-refractivity contribution >= 4 is 33.2 Å². The van der Waals surface area contributed by atoms with Gasteiger partial charge in [-0.25, -0.2) is 12.8 Å². The maximum absolute atomic E-state index is 13.2. The van der Waals surface area contributed by atoms with Gasteiger partial charge in [0.15, 0.2) is 0 Å². The van der Waals surface area contributed by atoms with Crippen LogP contribution in [0.3, 0.4) is 0 Å². The number of sulfonamides is 1. The number of halogens is 2. The average Bonchev–Trinajstić information content (AvgIpc) is 2.37. The fraction of sp³-hybridized carbons (Fsp3) is 0.417. The highest BCUT2D eigenvalue weighted by atomic mass is 35.5. The lowest BCUT2D eigenvalue weighted by Crippen LogP contribution is -2.48. The summed E-state index contributed by atoms with van der Waals surface area (Å²) in [6, 6.07) is 2.60. The molecule has 0 bridgehead atoms. The molecule has 0 aromatic heterocycles. The first-order valence-electron chi connectivity index (χ1n) is 5.88. The number of nitrogens with one attached hydrogen (secondary N) is 1. The van der Waals surface area contributed by atoms with Crippen LogP contribution < -0.4 is 9.62 Å². The number of nitrogens with zero attached hydrogens (tertiary/aromatic N) is 1. The van der Waals surface area contributed by atoms with E-state index in [-0.39, 0.29) is 17.1 Å². The minimum absolute atomic E-state index is 0.148. The second-order valence-corrected chi connectivity index (χ2v) is 6.46. The van der Waals surface area contributed by atoms with Gasteiger partial charge in [0.05, 0.1) is 17.0 Å². The van der Waals surface area contributed by atoms with Crippen LogP contribution in [0.5, 0.6) is 0 Å². The third kappa shape index (κ3) is 3.61. The largest absolute Gasteiger partial charge is 0.357 e. The SMILES string of the molecule is CC[C@H](C(=O)NC)N(c1ccc(F)c(Cl)c1)S(C)(=O)=O. The quantitative estimate of drug-likeness (QED) is 0.898. The molecule has 8 heteroatoms. The predicted molar refractivity (Wildman–Crippen MR) is 76.9 cm³/mol. The Morgan fingerprint density at radius 2 is 2.10 bits per heavy atom. The summed E-state index contributed by atoms with van der Waals surface area (Å²) in [5, 5.41) is 2.21. The molecule has 1 aromatic rings. The zero-order valence-electron chi connectivity index (χ0n) is 11.4. The molecular formula is C12H16ClFN2O3S. The number of carbonyl (C=O) groups excluding carboxylic acids is 1. The van der Waals surface area contributed by atoms with Gasteiger partial charge in [-0.1, -0.05) is 18.5 Å². The van der Waals surface area contributed by atoms with Gasteiger partial charge >= 0.3 is 0 Å². The molecule has 0 saturated heterocycles. The molecule has 0 aliphatic carbocycles. The van der Waals surface area contributed by atoms with Crippen LogP contribution in [0.1, 0.15) is 13.3 Å². The van der Waals surface area contributed by atoms with Crippen molar-refractivity contribution in [2.75, 3.05) is 17.6 Å². The van der Waals surface area contributed by atoms with Gasteiger partial charge in [-0.05, 0) is 24.6 Å². The Morgan fingerprint density at radius 1 is 1.50 bits per heavy atom. The molecular weight excluding hydrogens is 307 g/mol. The maximum atomic E-state index is 13.2. The summed E-state index contributed by atoms with van der Waals surface area (Å²) in [6.07, 6.45) is 1.25. The van der Waals surface area contributed by atoms with E-state index in [4.69, 9.17) is 11.6 Å². The van der Waals surface area contributed by atoms with Gasteiger partial charge in [0.1, 0.15) is 11.9 Å². The van der Waals surface area contributed by atoms with Crippen molar-refractivity contribution < 1.29 is 17.6 Å². The number of rotatable bonds is 5. The zero-order valence-corrected chi connectivity index (χ0v) is 12.9. The van der Waals surface area contributed by atoms with Crippen molar-refractivity contribution in [1.29, 1.82) is 0 Å². The molecule has 0 heterocycles. The molecule has 1 amide bonds. The first-order valence-corrected chi connectivity index (χ1v) is 8.11. The molecule has 1 rings (SSSR count). The van der Waals surface area contributed by atoms with Crippen LogP contribution in [0.2, 0.25) is 5.02 Å². The second kappa shape index (κ2) is 6.41. The van der Waals surface area contributed by atoms with Gasteiger partial charge in [0.2, 0.25) is 15.9 Å². The predicted octanol–water partition coefficient (Wildman–Crippen LogP) is 1.77. The van der Waals surface area contributed by atoms with Crippen molar-refractivity contribution in [2.45, 2.75) is 19.4 Å². The van der Waals surface area contributed by atoms with E-state index in [1.165, 1.54) is 19.2 Å². The summed E-state index contributed by atoms with van der Waals surface area (Å²) in [5.41, 5.74) is 0.148. The van der Waals surface area contributed by atoms with Gasteiger partial charge in [0, 0.05) is 7.05 Å². The van der Waals surface area contributed by atoms with Crippen LogP contribution in [-0.4, -0.2) is 33.7 Å². The molecule has 0 spiro atoms. The van der Waals surface area contributed by atoms with Gasteiger partial charge in [0.25, 0.3) is 0 Å². The van der Waals surface area contributed by atoms with Crippen LogP contribution in [0.15, 0.2) is 18.2 Å². The van der Waals surface area contributed by atoms with Crippen LogP contribution in [0.4, 0.5) is 10.1 Å². The molecule has 1 aromatic carbocycles. The number of anilines is 1. The molecule has 0 aliphatic rings. The monoisotopic (exact) mass is 322 g/mol. The summed E-state index contributed by atoms with van der Waals surface area (Å²) < 4.78 is 38.0. The number of carbonyl (C=O) groups is 1. The lowest BCUT2D eigenvalue weighted by atomic mass is 10.2. The number of benzene rings is 1.